The third-order valence-electron chi connectivity index (χ3n) is 3.54. The smallest absolute Gasteiger partial charge is 0.258 e. The summed E-state index contributed by atoms with van der Waals surface area (Å²) in [6.45, 7) is 2.84. The molecule has 0 unspecified atom stereocenters. The van der Waals surface area contributed by atoms with Crippen molar-refractivity contribution in [3.63, 3.8) is 0 Å². The number of hydrogen-bond acceptors (Lipinski definition) is 1. The third kappa shape index (κ3) is 2.14. The van der Waals surface area contributed by atoms with Crippen LogP contribution in [0.5, 0.6) is 0 Å². The molecule has 100 valence electrons. The molecule has 0 aliphatic rings. The van der Waals surface area contributed by atoms with Crippen LogP contribution in [-0.2, 0) is 6.54 Å². The molecule has 20 heavy (non-hydrogen) atoms. The average Bonchev–Trinajstić information content (AvgIpc) is 2.51. The van der Waals surface area contributed by atoms with Gasteiger partial charge in [-0.1, -0.05) is 55.5 Å². The fourth-order valence-corrected chi connectivity index (χ4v) is 2.59. The lowest BCUT2D eigenvalue weighted by atomic mass is 10.1. The van der Waals surface area contributed by atoms with Crippen molar-refractivity contribution in [2.75, 3.05) is 0 Å². The maximum atomic E-state index is 12.7. The first-order valence-corrected chi connectivity index (χ1v) is 6.99. The molecule has 0 spiro atoms. The number of nitrogens with zero attached hydrogens (tertiary/aromatic N) is 1. The lowest BCUT2D eigenvalue weighted by Crippen LogP contribution is -2.21. The predicted molar refractivity (Wildman–Crippen MR) is 83.9 cm³/mol. The fourth-order valence-electron chi connectivity index (χ4n) is 2.59. The number of aromatic nitrogens is 1. The van der Waals surface area contributed by atoms with Crippen LogP contribution in [0.15, 0.2) is 65.5 Å². The molecule has 2 nitrogen and oxygen atoms in total. The molecule has 0 bridgehead atoms. The minimum atomic E-state index is 0.101. The normalized spacial score (nSPS) is 10.8. The molecular formula is C18H17NO. The number of rotatable bonds is 3. The van der Waals surface area contributed by atoms with Gasteiger partial charge in [-0.25, -0.2) is 0 Å². The Bertz CT molecular complexity index is 787. The monoisotopic (exact) mass is 263 g/mol. The van der Waals surface area contributed by atoms with Crippen molar-refractivity contribution >= 4 is 10.8 Å². The van der Waals surface area contributed by atoms with Gasteiger partial charge >= 0.3 is 0 Å². The lowest BCUT2D eigenvalue weighted by molar-refractivity contribution is 0.666. The number of hydrogen-bond donors (Lipinski definition) is 0. The second-order valence-corrected chi connectivity index (χ2v) is 4.94. The first kappa shape index (κ1) is 12.7. The van der Waals surface area contributed by atoms with E-state index in [0.29, 0.717) is 0 Å². The van der Waals surface area contributed by atoms with Crippen LogP contribution >= 0.6 is 0 Å². The highest BCUT2D eigenvalue weighted by molar-refractivity contribution is 5.85. The zero-order valence-corrected chi connectivity index (χ0v) is 11.5. The van der Waals surface area contributed by atoms with Gasteiger partial charge in [0.1, 0.15) is 0 Å². The Morgan fingerprint density at radius 3 is 2.40 bits per heavy atom. The molecule has 2 aromatic carbocycles. The zero-order chi connectivity index (χ0) is 13.9. The third-order valence-corrected chi connectivity index (χ3v) is 3.54. The minimum absolute atomic E-state index is 0.101. The Hall–Kier alpha value is -2.35. The average molecular weight is 263 g/mol. The second-order valence-electron chi connectivity index (χ2n) is 4.94. The van der Waals surface area contributed by atoms with E-state index in [-0.39, 0.29) is 5.56 Å². The van der Waals surface area contributed by atoms with Gasteiger partial charge in [0.15, 0.2) is 0 Å². The van der Waals surface area contributed by atoms with E-state index in [9.17, 15) is 4.79 Å². The molecule has 0 radical (unpaired) electrons. The summed E-state index contributed by atoms with van der Waals surface area (Å²) in [4.78, 5) is 12.7. The summed E-state index contributed by atoms with van der Waals surface area (Å²) in [5, 5.41) is 1.80. The Morgan fingerprint density at radius 1 is 0.950 bits per heavy atom. The Labute approximate surface area is 118 Å². The van der Waals surface area contributed by atoms with Crippen LogP contribution in [0.4, 0.5) is 0 Å². The molecule has 3 rings (SSSR count). The Balaban J connectivity index is 2.35. The van der Waals surface area contributed by atoms with E-state index in [1.165, 1.54) is 0 Å². The van der Waals surface area contributed by atoms with E-state index >= 15 is 0 Å². The van der Waals surface area contributed by atoms with E-state index < -0.39 is 0 Å². The minimum Gasteiger partial charge on any atom is -0.308 e. The molecule has 0 aliphatic carbocycles. The van der Waals surface area contributed by atoms with E-state index in [1.54, 1.807) is 0 Å². The molecule has 1 aromatic heterocycles. The van der Waals surface area contributed by atoms with Crippen LogP contribution in [-0.4, -0.2) is 4.57 Å². The SMILES string of the molecule is CCCn1c(-c2ccccc2)cc2ccccc2c1=O. The molecule has 0 N–H and O–H groups in total. The van der Waals surface area contributed by atoms with Gasteiger partial charge in [0, 0.05) is 11.9 Å². The van der Waals surface area contributed by atoms with E-state index in [4.69, 9.17) is 0 Å². The topological polar surface area (TPSA) is 22.0 Å². The molecule has 0 saturated carbocycles. The van der Waals surface area contributed by atoms with Crippen molar-refractivity contribution in [1.82, 2.24) is 4.57 Å². The molecule has 0 fully saturated rings. The van der Waals surface area contributed by atoms with Crippen molar-refractivity contribution in [3.8, 4) is 11.3 Å². The van der Waals surface area contributed by atoms with Gasteiger partial charge in [0.05, 0.1) is 5.69 Å². The van der Waals surface area contributed by atoms with E-state index in [1.807, 2.05) is 47.0 Å². The van der Waals surface area contributed by atoms with Crippen LogP contribution < -0.4 is 5.56 Å². The van der Waals surface area contributed by atoms with Gasteiger partial charge in [0.25, 0.3) is 5.56 Å². The summed E-state index contributed by atoms with van der Waals surface area (Å²) in [5.41, 5.74) is 2.18. The summed E-state index contributed by atoms with van der Waals surface area (Å²) in [5.74, 6) is 0. The summed E-state index contributed by atoms with van der Waals surface area (Å²) in [6, 6.07) is 20.0. The molecule has 3 aromatic rings. The van der Waals surface area contributed by atoms with Gasteiger partial charge < -0.3 is 4.57 Å². The molecule has 0 atom stereocenters. The van der Waals surface area contributed by atoms with Crippen molar-refractivity contribution in [3.05, 3.63) is 71.0 Å². The highest BCUT2D eigenvalue weighted by Crippen LogP contribution is 2.22. The first-order chi connectivity index (χ1) is 9.81. The van der Waals surface area contributed by atoms with E-state index in [2.05, 4.69) is 25.1 Å². The van der Waals surface area contributed by atoms with Crippen molar-refractivity contribution < 1.29 is 0 Å². The first-order valence-electron chi connectivity index (χ1n) is 6.99. The van der Waals surface area contributed by atoms with Crippen LogP contribution in [0.1, 0.15) is 13.3 Å². The largest absolute Gasteiger partial charge is 0.308 e. The van der Waals surface area contributed by atoms with Gasteiger partial charge in [0.2, 0.25) is 0 Å². The maximum absolute atomic E-state index is 12.7. The molecule has 0 amide bonds. The molecule has 1 heterocycles. The van der Waals surface area contributed by atoms with Crippen molar-refractivity contribution in [2.24, 2.45) is 0 Å². The van der Waals surface area contributed by atoms with Crippen molar-refractivity contribution in [2.45, 2.75) is 19.9 Å². The summed E-state index contributed by atoms with van der Waals surface area (Å²) < 4.78 is 1.89. The quantitative estimate of drug-likeness (QED) is 0.698. The van der Waals surface area contributed by atoms with Gasteiger partial charge in [-0.15, -0.1) is 0 Å². The molecule has 0 saturated heterocycles. The summed E-state index contributed by atoms with van der Waals surface area (Å²) in [7, 11) is 0. The second kappa shape index (κ2) is 5.33. The van der Waals surface area contributed by atoms with Crippen LogP contribution in [0.2, 0.25) is 0 Å². The Morgan fingerprint density at radius 2 is 1.65 bits per heavy atom. The van der Waals surface area contributed by atoms with Crippen LogP contribution in [0, 0.1) is 0 Å². The zero-order valence-electron chi connectivity index (χ0n) is 11.5. The molecule has 0 aliphatic heterocycles. The number of pyridine rings is 1. The fraction of sp³-hybridized carbons (Fsp3) is 0.167. The van der Waals surface area contributed by atoms with Gasteiger partial charge in [-0.05, 0) is 29.5 Å². The molecule has 2 heteroatoms. The lowest BCUT2D eigenvalue weighted by Gasteiger charge is -2.14. The highest BCUT2D eigenvalue weighted by Gasteiger charge is 2.09. The highest BCUT2D eigenvalue weighted by atomic mass is 16.1. The van der Waals surface area contributed by atoms with Crippen molar-refractivity contribution in [1.29, 1.82) is 0 Å². The van der Waals surface area contributed by atoms with Crippen LogP contribution in [0.25, 0.3) is 22.0 Å². The molecular weight excluding hydrogens is 246 g/mol. The maximum Gasteiger partial charge on any atom is 0.258 e. The number of benzene rings is 2. The number of fused-ring (bicyclic) bond motifs is 1. The summed E-state index contributed by atoms with van der Waals surface area (Å²) in [6.07, 6.45) is 0.943. The van der Waals surface area contributed by atoms with Gasteiger partial charge in [-0.2, -0.15) is 0 Å². The van der Waals surface area contributed by atoms with Crippen LogP contribution in [0.3, 0.4) is 0 Å². The predicted octanol–water partition coefficient (Wildman–Crippen LogP) is 4.08. The van der Waals surface area contributed by atoms with Gasteiger partial charge in [-0.3, -0.25) is 4.79 Å². The Kier molecular flexibility index (Phi) is 3.38. The summed E-state index contributed by atoms with van der Waals surface area (Å²) >= 11 is 0. The standard InChI is InChI=1S/C18H17NO/c1-2-12-19-17(14-8-4-3-5-9-14)13-15-10-6-7-11-16(15)18(19)20/h3-11,13H,2,12H2,1H3. The van der Waals surface area contributed by atoms with E-state index in [0.717, 1.165) is 35.0 Å².